The summed E-state index contributed by atoms with van der Waals surface area (Å²) in [5, 5.41) is 0. The molecule has 0 spiro atoms. The van der Waals surface area contributed by atoms with Crippen LogP contribution in [0.3, 0.4) is 0 Å². The van der Waals surface area contributed by atoms with Crippen LogP contribution in [0.15, 0.2) is 17.1 Å². The van der Waals surface area contributed by atoms with E-state index in [9.17, 15) is 9.18 Å². The van der Waals surface area contributed by atoms with Crippen molar-refractivity contribution in [3.8, 4) is 5.75 Å². The van der Waals surface area contributed by atoms with Gasteiger partial charge < -0.3 is 9.47 Å². The van der Waals surface area contributed by atoms with E-state index in [4.69, 9.17) is 9.47 Å². The standard InChI is InChI=1S/C14H16FNO3/c1-18-8-10-6-11(13(19-2)12(15)7-10)14(16-9-17)4-3-5-14/h6-7H,3-5,8H2,1-2H3. The number of hydrogen-bond acceptors (Lipinski definition) is 4. The molecule has 19 heavy (non-hydrogen) atoms. The Morgan fingerprint density at radius 2 is 2.16 bits per heavy atom. The predicted molar refractivity (Wildman–Crippen MR) is 67.3 cm³/mol. The average Bonchev–Trinajstić information content (AvgIpc) is 2.33. The molecule has 0 N–H and O–H groups in total. The van der Waals surface area contributed by atoms with Gasteiger partial charge in [0.2, 0.25) is 6.08 Å². The second kappa shape index (κ2) is 5.51. The lowest BCUT2D eigenvalue weighted by atomic mass is 9.71. The van der Waals surface area contributed by atoms with Crippen LogP contribution in [0, 0.1) is 5.82 Å². The summed E-state index contributed by atoms with van der Waals surface area (Å²) < 4.78 is 24.2. The van der Waals surface area contributed by atoms with Crippen LogP contribution >= 0.6 is 0 Å². The Labute approximate surface area is 111 Å². The fraction of sp³-hybridized carbons (Fsp3) is 0.500. The molecule has 0 aliphatic heterocycles. The first-order valence-electron chi connectivity index (χ1n) is 6.11. The summed E-state index contributed by atoms with van der Waals surface area (Å²) in [4.78, 5) is 14.5. The molecule has 1 aliphatic rings. The number of isocyanates is 1. The zero-order valence-electron chi connectivity index (χ0n) is 11.0. The Morgan fingerprint density at radius 3 is 2.63 bits per heavy atom. The molecule has 1 fully saturated rings. The van der Waals surface area contributed by atoms with Gasteiger partial charge in [-0.2, -0.15) is 4.99 Å². The maximum Gasteiger partial charge on any atom is 0.235 e. The summed E-state index contributed by atoms with van der Waals surface area (Å²) in [5.74, 6) is -0.307. The van der Waals surface area contributed by atoms with Crippen LogP contribution in [0.1, 0.15) is 30.4 Å². The monoisotopic (exact) mass is 265 g/mol. The van der Waals surface area contributed by atoms with Gasteiger partial charge >= 0.3 is 0 Å². The van der Waals surface area contributed by atoms with Gasteiger partial charge in [0.25, 0.3) is 0 Å². The number of hydrogen-bond donors (Lipinski definition) is 0. The first kappa shape index (κ1) is 13.7. The maximum absolute atomic E-state index is 14.0. The second-order valence-corrected chi connectivity index (χ2v) is 4.68. The van der Waals surface area contributed by atoms with Crippen LogP contribution in [0.4, 0.5) is 4.39 Å². The quantitative estimate of drug-likeness (QED) is 0.607. The van der Waals surface area contributed by atoms with Crippen molar-refractivity contribution >= 4 is 6.08 Å². The molecule has 0 heterocycles. The van der Waals surface area contributed by atoms with Crippen molar-refractivity contribution in [3.63, 3.8) is 0 Å². The third kappa shape index (κ3) is 2.39. The van der Waals surface area contributed by atoms with Gasteiger partial charge in [-0.25, -0.2) is 9.18 Å². The van der Waals surface area contributed by atoms with Crippen LogP contribution < -0.4 is 4.74 Å². The highest BCUT2D eigenvalue weighted by Gasteiger charge is 2.42. The lowest BCUT2D eigenvalue weighted by Gasteiger charge is -2.38. The Balaban J connectivity index is 2.55. The van der Waals surface area contributed by atoms with Crippen molar-refractivity contribution in [2.45, 2.75) is 31.4 Å². The highest BCUT2D eigenvalue weighted by Crippen LogP contribution is 2.49. The van der Waals surface area contributed by atoms with E-state index in [0.717, 1.165) is 6.42 Å². The third-order valence-corrected chi connectivity index (χ3v) is 3.56. The smallest absolute Gasteiger partial charge is 0.235 e. The number of benzene rings is 1. The molecular formula is C14H16FNO3. The molecule has 0 saturated heterocycles. The lowest BCUT2D eigenvalue weighted by molar-refractivity contribution is 0.183. The highest BCUT2D eigenvalue weighted by atomic mass is 19.1. The summed E-state index contributed by atoms with van der Waals surface area (Å²) in [7, 11) is 2.96. The van der Waals surface area contributed by atoms with Gasteiger partial charge in [0.15, 0.2) is 11.6 Å². The number of rotatable bonds is 5. The Hall–Kier alpha value is -1.71. The van der Waals surface area contributed by atoms with Crippen molar-refractivity contribution in [3.05, 3.63) is 29.1 Å². The van der Waals surface area contributed by atoms with Gasteiger partial charge in [-0.15, -0.1) is 0 Å². The summed E-state index contributed by atoms with van der Waals surface area (Å²) in [5.41, 5.74) is 0.623. The van der Waals surface area contributed by atoms with Crippen molar-refractivity contribution in [1.29, 1.82) is 0 Å². The van der Waals surface area contributed by atoms with E-state index in [1.54, 1.807) is 19.3 Å². The maximum atomic E-state index is 14.0. The molecule has 0 radical (unpaired) electrons. The van der Waals surface area contributed by atoms with E-state index >= 15 is 0 Å². The molecule has 0 amide bonds. The minimum absolute atomic E-state index is 0.151. The molecule has 1 aliphatic carbocycles. The number of nitrogens with zero attached hydrogens (tertiary/aromatic N) is 1. The number of ether oxygens (including phenoxy) is 2. The molecular weight excluding hydrogens is 249 g/mol. The first-order valence-corrected chi connectivity index (χ1v) is 6.11. The minimum atomic E-state index is -0.683. The van der Waals surface area contributed by atoms with Crippen molar-refractivity contribution < 1.29 is 18.7 Å². The van der Waals surface area contributed by atoms with Crippen molar-refractivity contribution in [2.75, 3.05) is 14.2 Å². The summed E-state index contributed by atoms with van der Waals surface area (Å²) in [6.45, 7) is 0.300. The number of methoxy groups -OCH3 is 2. The van der Waals surface area contributed by atoms with Gasteiger partial charge in [0.1, 0.15) is 5.54 Å². The number of aliphatic imine (C=N–C) groups is 1. The molecule has 102 valence electrons. The van der Waals surface area contributed by atoms with E-state index < -0.39 is 11.4 Å². The molecule has 0 unspecified atom stereocenters. The Bertz CT molecular complexity index is 520. The lowest BCUT2D eigenvalue weighted by Crippen LogP contribution is -2.32. The van der Waals surface area contributed by atoms with Crippen LogP contribution in [0.2, 0.25) is 0 Å². The molecule has 0 bridgehead atoms. The van der Waals surface area contributed by atoms with E-state index in [1.165, 1.54) is 13.2 Å². The van der Waals surface area contributed by atoms with Crippen LogP contribution in [-0.4, -0.2) is 20.3 Å². The van der Waals surface area contributed by atoms with Gasteiger partial charge in [0.05, 0.1) is 13.7 Å². The van der Waals surface area contributed by atoms with Gasteiger partial charge in [-0.1, -0.05) is 0 Å². The normalized spacial score (nSPS) is 16.4. The molecule has 1 aromatic carbocycles. The van der Waals surface area contributed by atoms with E-state index in [-0.39, 0.29) is 5.75 Å². The Kier molecular flexibility index (Phi) is 3.98. The van der Waals surface area contributed by atoms with Crippen LogP contribution in [-0.2, 0) is 21.7 Å². The van der Waals surface area contributed by atoms with E-state index in [2.05, 4.69) is 4.99 Å². The molecule has 1 saturated carbocycles. The fourth-order valence-electron chi connectivity index (χ4n) is 2.49. The SMILES string of the molecule is COCc1cc(F)c(OC)c(C2(N=C=O)CCC2)c1. The summed E-state index contributed by atoms with van der Waals surface area (Å²) >= 11 is 0. The van der Waals surface area contributed by atoms with Crippen LogP contribution in [0.5, 0.6) is 5.75 Å². The predicted octanol–water partition coefficient (Wildman–Crippen LogP) is 2.70. The van der Waals surface area contributed by atoms with E-state index in [0.29, 0.717) is 30.6 Å². The second-order valence-electron chi connectivity index (χ2n) is 4.68. The van der Waals surface area contributed by atoms with Gasteiger partial charge in [-0.05, 0) is 37.0 Å². The zero-order valence-corrected chi connectivity index (χ0v) is 11.0. The summed E-state index contributed by atoms with van der Waals surface area (Å²) in [6.07, 6.45) is 3.95. The highest BCUT2D eigenvalue weighted by molar-refractivity contribution is 5.47. The molecule has 2 rings (SSSR count). The zero-order chi connectivity index (χ0) is 13.9. The molecule has 0 atom stereocenters. The largest absolute Gasteiger partial charge is 0.493 e. The van der Waals surface area contributed by atoms with Crippen molar-refractivity contribution in [2.24, 2.45) is 4.99 Å². The van der Waals surface area contributed by atoms with Crippen LogP contribution in [0.25, 0.3) is 0 Å². The average molecular weight is 265 g/mol. The minimum Gasteiger partial charge on any atom is -0.493 e. The molecule has 1 aromatic rings. The van der Waals surface area contributed by atoms with E-state index in [1.807, 2.05) is 0 Å². The third-order valence-electron chi connectivity index (χ3n) is 3.56. The summed E-state index contributed by atoms with van der Waals surface area (Å²) in [6, 6.07) is 3.17. The number of halogens is 1. The number of carbonyl (C=O) groups excluding carboxylic acids is 1. The molecule has 4 nitrogen and oxygen atoms in total. The molecule has 5 heteroatoms. The van der Waals surface area contributed by atoms with Crippen molar-refractivity contribution in [1.82, 2.24) is 0 Å². The topological polar surface area (TPSA) is 47.9 Å². The Morgan fingerprint density at radius 1 is 1.42 bits per heavy atom. The fourth-order valence-corrected chi connectivity index (χ4v) is 2.49. The van der Waals surface area contributed by atoms with Gasteiger partial charge in [0, 0.05) is 12.7 Å². The molecule has 0 aromatic heterocycles. The van der Waals surface area contributed by atoms with Gasteiger partial charge in [-0.3, -0.25) is 0 Å². The first-order chi connectivity index (χ1) is 9.16.